The molecule has 0 saturated heterocycles. The van der Waals surface area contributed by atoms with Crippen molar-refractivity contribution in [2.75, 3.05) is 13.1 Å². The Hall–Kier alpha value is -1.72. The van der Waals surface area contributed by atoms with E-state index < -0.39 is 10.0 Å². The molecule has 0 amide bonds. The first-order chi connectivity index (χ1) is 11.4. The molecule has 1 aromatic heterocycles. The third-order valence-electron chi connectivity index (χ3n) is 4.00. The van der Waals surface area contributed by atoms with Crippen LogP contribution in [0, 0.1) is 0 Å². The summed E-state index contributed by atoms with van der Waals surface area (Å²) in [4.78, 5) is 4.64. The Morgan fingerprint density at radius 2 is 1.75 bits per heavy atom. The Balaban J connectivity index is 2.18. The second-order valence-corrected chi connectivity index (χ2v) is 8.14. The molecule has 0 atom stereocenters. The van der Waals surface area contributed by atoms with Crippen molar-refractivity contribution >= 4 is 10.0 Å². The molecule has 0 fully saturated rings. The average Bonchev–Trinajstić information content (AvgIpc) is 2.59. The van der Waals surface area contributed by atoms with Crippen LogP contribution in [0.15, 0.2) is 53.6 Å². The molecule has 2 aromatic rings. The van der Waals surface area contributed by atoms with E-state index in [0.29, 0.717) is 30.3 Å². The molecule has 2 rings (SSSR count). The minimum Gasteiger partial charge on any atom is -0.261 e. The number of rotatable bonds is 8. The average molecular weight is 346 g/mol. The zero-order chi connectivity index (χ0) is 17.6. The molecule has 0 unspecified atom stereocenters. The van der Waals surface area contributed by atoms with Gasteiger partial charge in [-0.25, -0.2) is 8.42 Å². The van der Waals surface area contributed by atoms with Crippen LogP contribution in [0.3, 0.4) is 0 Å². The van der Waals surface area contributed by atoms with Gasteiger partial charge in [-0.3, -0.25) is 4.98 Å². The van der Waals surface area contributed by atoms with Crippen LogP contribution in [-0.2, 0) is 16.4 Å². The third-order valence-corrected chi connectivity index (χ3v) is 5.91. The third kappa shape index (κ3) is 4.65. The van der Waals surface area contributed by atoms with Crippen molar-refractivity contribution in [1.29, 1.82) is 0 Å². The number of sulfonamides is 1. The quantitative estimate of drug-likeness (QED) is 0.729. The van der Waals surface area contributed by atoms with E-state index in [9.17, 15) is 8.42 Å². The lowest BCUT2D eigenvalue weighted by Crippen LogP contribution is -2.33. The standard InChI is InChI=1S/C19H26N2O2S/c1-4-14-21(15-12-18-7-5-6-13-20-18)24(22,23)19-10-8-17(9-11-19)16(2)3/h5-11,13,16H,4,12,14-15H2,1-3H3. The first-order valence-corrected chi connectivity index (χ1v) is 9.89. The molecule has 4 nitrogen and oxygen atoms in total. The van der Waals surface area contributed by atoms with Crippen molar-refractivity contribution < 1.29 is 8.42 Å². The van der Waals surface area contributed by atoms with E-state index in [-0.39, 0.29) is 0 Å². The summed E-state index contributed by atoms with van der Waals surface area (Å²) in [6.45, 7) is 7.14. The molecule has 24 heavy (non-hydrogen) atoms. The summed E-state index contributed by atoms with van der Waals surface area (Å²) in [5, 5.41) is 0. The lowest BCUT2D eigenvalue weighted by atomic mass is 10.0. The first-order valence-electron chi connectivity index (χ1n) is 8.45. The largest absolute Gasteiger partial charge is 0.261 e. The lowest BCUT2D eigenvalue weighted by Gasteiger charge is -2.22. The Morgan fingerprint density at radius 1 is 1.04 bits per heavy atom. The molecule has 1 heterocycles. The van der Waals surface area contributed by atoms with Gasteiger partial charge in [-0.1, -0.05) is 39.0 Å². The molecule has 1 aromatic carbocycles. The van der Waals surface area contributed by atoms with Gasteiger partial charge in [-0.2, -0.15) is 4.31 Å². The summed E-state index contributed by atoms with van der Waals surface area (Å²) in [7, 11) is -3.47. The minimum atomic E-state index is -3.47. The van der Waals surface area contributed by atoms with E-state index in [0.717, 1.165) is 17.7 Å². The number of pyridine rings is 1. The summed E-state index contributed by atoms with van der Waals surface area (Å²) < 4.78 is 27.4. The molecule has 0 aliphatic heterocycles. The van der Waals surface area contributed by atoms with Crippen molar-refractivity contribution in [2.45, 2.75) is 44.4 Å². The van der Waals surface area contributed by atoms with E-state index in [1.165, 1.54) is 0 Å². The van der Waals surface area contributed by atoms with E-state index in [1.807, 2.05) is 37.3 Å². The van der Waals surface area contributed by atoms with E-state index in [1.54, 1.807) is 22.6 Å². The molecule has 0 radical (unpaired) electrons. The highest BCUT2D eigenvalue weighted by Crippen LogP contribution is 2.20. The van der Waals surface area contributed by atoms with Crippen molar-refractivity contribution in [3.05, 3.63) is 59.9 Å². The van der Waals surface area contributed by atoms with E-state index in [4.69, 9.17) is 0 Å². The number of nitrogens with zero attached hydrogens (tertiary/aromatic N) is 2. The van der Waals surface area contributed by atoms with Crippen LogP contribution in [-0.4, -0.2) is 30.8 Å². The smallest absolute Gasteiger partial charge is 0.243 e. The van der Waals surface area contributed by atoms with Gasteiger partial charge in [-0.15, -0.1) is 0 Å². The molecule has 0 saturated carbocycles. The molecule has 0 spiro atoms. The van der Waals surface area contributed by atoms with Crippen LogP contribution in [0.25, 0.3) is 0 Å². The Labute approximate surface area is 145 Å². The second kappa shape index (κ2) is 8.40. The number of aromatic nitrogens is 1. The number of hydrogen-bond acceptors (Lipinski definition) is 3. The highest BCUT2D eigenvalue weighted by molar-refractivity contribution is 7.89. The molecule has 5 heteroatoms. The predicted molar refractivity (Wildman–Crippen MR) is 97.5 cm³/mol. The molecular weight excluding hydrogens is 320 g/mol. The summed E-state index contributed by atoms with van der Waals surface area (Å²) in [5.74, 6) is 0.387. The second-order valence-electron chi connectivity index (χ2n) is 6.20. The Morgan fingerprint density at radius 3 is 2.29 bits per heavy atom. The van der Waals surface area contributed by atoms with Gasteiger partial charge in [0.05, 0.1) is 4.90 Å². The molecule has 0 aliphatic carbocycles. The summed E-state index contributed by atoms with van der Waals surface area (Å²) in [6, 6.07) is 12.9. The maximum atomic E-state index is 12.9. The molecule has 0 bridgehead atoms. The topological polar surface area (TPSA) is 50.3 Å². The summed E-state index contributed by atoms with van der Waals surface area (Å²) in [6.07, 6.45) is 3.13. The van der Waals surface area contributed by atoms with Crippen LogP contribution in [0.2, 0.25) is 0 Å². The molecule has 0 aliphatic rings. The van der Waals surface area contributed by atoms with Gasteiger partial charge in [-0.05, 0) is 42.2 Å². The van der Waals surface area contributed by atoms with Gasteiger partial charge in [0.2, 0.25) is 10.0 Å². The normalized spacial score (nSPS) is 12.0. The zero-order valence-electron chi connectivity index (χ0n) is 14.6. The number of hydrogen-bond donors (Lipinski definition) is 0. The van der Waals surface area contributed by atoms with Crippen LogP contribution >= 0.6 is 0 Å². The maximum Gasteiger partial charge on any atom is 0.243 e. The van der Waals surface area contributed by atoms with Crippen molar-refractivity contribution in [2.24, 2.45) is 0 Å². The highest BCUT2D eigenvalue weighted by Gasteiger charge is 2.23. The van der Waals surface area contributed by atoms with Gasteiger partial charge in [0, 0.05) is 31.4 Å². The molecule has 0 N–H and O–H groups in total. The minimum absolute atomic E-state index is 0.362. The predicted octanol–water partition coefficient (Wildman–Crippen LogP) is 3.85. The molecular formula is C19H26N2O2S. The fourth-order valence-electron chi connectivity index (χ4n) is 2.56. The van der Waals surface area contributed by atoms with Gasteiger partial charge >= 0.3 is 0 Å². The van der Waals surface area contributed by atoms with Crippen LogP contribution in [0.1, 0.15) is 44.4 Å². The maximum absolute atomic E-state index is 12.9. The fourth-order valence-corrected chi connectivity index (χ4v) is 4.09. The van der Waals surface area contributed by atoms with Crippen molar-refractivity contribution in [3.8, 4) is 0 Å². The van der Waals surface area contributed by atoms with Gasteiger partial charge in [0.15, 0.2) is 0 Å². The highest BCUT2D eigenvalue weighted by atomic mass is 32.2. The summed E-state index contributed by atoms with van der Waals surface area (Å²) >= 11 is 0. The SMILES string of the molecule is CCCN(CCc1ccccn1)S(=O)(=O)c1ccc(C(C)C)cc1. The summed E-state index contributed by atoms with van der Waals surface area (Å²) in [5.41, 5.74) is 2.05. The lowest BCUT2D eigenvalue weighted by molar-refractivity contribution is 0.412. The van der Waals surface area contributed by atoms with Gasteiger partial charge in [0.1, 0.15) is 0 Å². The van der Waals surface area contributed by atoms with E-state index >= 15 is 0 Å². The monoisotopic (exact) mass is 346 g/mol. The van der Waals surface area contributed by atoms with Crippen LogP contribution < -0.4 is 0 Å². The Bertz CT molecular complexity index is 726. The zero-order valence-corrected chi connectivity index (χ0v) is 15.5. The fraction of sp³-hybridized carbons (Fsp3) is 0.421. The van der Waals surface area contributed by atoms with E-state index in [2.05, 4.69) is 18.8 Å². The molecule has 130 valence electrons. The van der Waals surface area contributed by atoms with Crippen molar-refractivity contribution in [3.63, 3.8) is 0 Å². The first kappa shape index (κ1) is 18.6. The van der Waals surface area contributed by atoms with Crippen LogP contribution in [0.5, 0.6) is 0 Å². The van der Waals surface area contributed by atoms with Gasteiger partial charge in [0.25, 0.3) is 0 Å². The van der Waals surface area contributed by atoms with Crippen LogP contribution in [0.4, 0.5) is 0 Å². The number of benzene rings is 1. The van der Waals surface area contributed by atoms with Crippen molar-refractivity contribution in [1.82, 2.24) is 9.29 Å². The Kier molecular flexibility index (Phi) is 6.52. The van der Waals surface area contributed by atoms with Gasteiger partial charge < -0.3 is 0 Å².